The highest BCUT2D eigenvalue weighted by molar-refractivity contribution is 4.67. The highest BCUT2D eigenvalue weighted by atomic mass is 16.5. The molecule has 1 saturated heterocycles. The van der Waals surface area contributed by atoms with E-state index in [-0.39, 0.29) is 0 Å². The van der Waals surface area contributed by atoms with E-state index in [1.165, 1.54) is 19.3 Å². The van der Waals surface area contributed by atoms with Gasteiger partial charge in [-0.1, -0.05) is 6.92 Å². The molecule has 0 radical (unpaired) electrons. The maximum atomic E-state index is 5.57. The largest absolute Gasteiger partial charge is 0.378 e. The Morgan fingerprint density at radius 3 is 2.85 bits per heavy atom. The van der Waals surface area contributed by atoms with Crippen molar-refractivity contribution in [1.29, 1.82) is 0 Å². The van der Waals surface area contributed by atoms with Gasteiger partial charge in [0, 0.05) is 26.2 Å². The lowest BCUT2D eigenvalue weighted by Gasteiger charge is -2.20. The summed E-state index contributed by atoms with van der Waals surface area (Å²) in [6, 6.07) is 0. The minimum atomic E-state index is 0.520. The molecule has 2 N–H and O–H groups in total. The van der Waals surface area contributed by atoms with Crippen LogP contribution in [0.15, 0.2) is 0 Å². The highest BCUT2D eigenvalue weighted by Crippen LogP contribution is 2.15. The summed E-state index contributed by atoms with van der Waals surface area (Å²) in [5, 5.41) is 0. The van der Waals surface area contributed by atoms with Gasteiger partial charge in [-0.15, -0.1) is 0 Å². The smallest absolute Gasteiger partial charge is 0.0588 e. The van der Waals surface area contributed by atoms with Gasteiger partial charge in [-0.2, -0.15) is 0 Å². The van der Waals surface area contributed by atoms with E-state index in [1.807, 2.05) is 0 Å². The minimum Gasteiger partial charge on any atom is -0.378 e. The maximum Gasteiger partial charge on any atom is 0.0588 e. The van der Waals surface area contributed by atoms with E-state index in [2.05, 4.69) is 11.8 Å². The summed E-state index contributed by atoms with van der Waals surface area (Å²) in [5.41, 5.74) is 5.52. The molecular weight excluding hydrogens is 164 g/mol. The average molecular weight is 186 g/mol. The van der Waals surface area contributed by atoms with Crippen molar-refractivity contribution in [3.05, 3.63) is 0 Å². The van der Waals surface area contributed by atoms with Gasteiger partial charge in [-0.25, -0.2) is 0 Å². The monoisotopic (exact) mass is 186 g/mol. The summed E-state index contributed by atoms with van der Waals surface area (Å²) in [5.74, 6) is 0. The minimum absolute atomic E-state index is 0.520. The molecule has 0 amide bonds. The summed E-state index contributed by atoms with van der Waals surface area (Å²) in [4.78, 5) is 2.39. The van der Waals surface area contributed by atoms with E-state index in [0.29, 0.717) is 6.10 Å². The Bertz CT molecular complexity index is 124. The third kappa shape index (κ3) is 4.07. The Labute approximate surface area is 81.2 Å². The van der Waals surface area contributed by atoms with Crippen LogP contribution >= 0.6 is 0 Å². The molecule has 1 fully saturated rings. The molecular formula is C10H22N2O. The van der Waals surface area contributed by atoms with Gasteiger partial charge in [-0.05, 0) is 25.8 Å². The molecule has 0 aromatic rings. The van der Waals surface area contributed by atoms with Gasteiger partial charge in [0.1, 0.15) is 0 Å². The molecule has 0 spiro atoms. The predicted molar refractivity (Wildman–Crippen MR) is 54.8 cm³/mol. The van der Waals surface area contributed by atoms with Gasteiger partial charge < -0.3 is 15.4 Å². The van der Waals surface area contributed by atoms with Crippen LogP contribution in [-0.4, -0.2) is 43.8 Å². The fourth-order valence-corrected chi connectivity index (χ4v) is 1.81. The third-order valence-electron chi connectivity index (χ3n) is 2.68. The molecule has 0 aliphatic carbocycles. The van der Waals surface area contributed by atoms with Crippen LogP contribution in [0.25, 0.3) is 0 Å². The molecule has 0 aromatic heterocycles. The van der Waals surface area contributed by atoms with Crippen molar-refractivity contribution in [2.75, 3.05) is 32.8 Å². The highest BCUT2D eigenvalue weighted by Gasteiger charge is 2.15. The molecule has 1 unspecified atom stereocenters. The molecule has 1 heterocycles. The second-order valence-corrected chi connectivity index (χ2v) is 3.65. The number of rotatable bonds is 6. The third-order valence-corrected chi connectivity index (χ3v) is 2.68. The van der Waals surface area contributed by atoms with Gasteiger partial charge >= 0.3 is 0 Å². The predicted octanol–water partition coefficient (Wildman–Crippen LogP) is 0.836. The van der Waals surface area contributed by atoms with Crippen molar-refractivity contribution >= 4 is 0 Å². The molecule has 1 aliphatic rings. The molecule has 0 saturated carbocycles. The number of likely N-dealkylation sites (N-methyl/N-ethyl adjacent to an activating group) is 1. The van der Waals surface area contributed by atoms with Crippen molar-refractivity contribution in [3.63, 3.8) is 0 Å². The van der Waals surface area contributed by atoms with Crippen LogP contribution in [0.1, 0.15) is 26.2 Å². The first-order valence-electron chi connectivity index (χ1n) is 5.40. The van der Waals surface area contributed by atoms with E-state index in [1.54, 1.807) is 0 Å². The first kappa shape index (κ1) is 11.0. The summed E-state index contributed by atoms with van der Waals surface area (Å²) >= 11 is 0. The molecule has 13 heavy (non-hydrogen) atoms. The van der Waals surface area contributed by atoms with Crippen molar-refractivity contribution in [1.82, 2.24) is 4.90 Å². The lowest BCUT2D eigenvalue weighted by atomic mass is 10.2. The van der Waals surface area contributed by atoms with Gasteiger partial charge in [0.2, 0.25) is 0 Å². The van der Waals surface area contributed by atoms with E-state index in [4.69, 9.17) is 10.5 Å². The van der Waals surface area contributed by atoms with Crippen LogP contribution < -0.4 is 5.73 Å². The van der Waals surface area contributed by atoms with Crippen molar-refractivity contribution in [3.8, 4) is 0 Å². The Morgan fingerprint density at radius 2 is 2.31 bits per heavy atom. The van der Waals surface area contributed by atoms with Crippen LogP contribution in [-0.2, 0) is 4.74 Å². The van der Waals surface area contributed by atoms with Crippen molar-refractivity contribution in [2.24, 2.45) is 5.73 Å². The van der Waals surface area contributed by atoms with Crippen molar-refractivity contribution in [2.45, 2.75) is 32.3 Å². The zero-order valence-electron chi connectivity index (χ0n) is 8.67. The quantitative estimate of drug-likeness (QED) is 0.668. The molecule has 0 aromatic carbocycles. The normalized spacial score (nSPS) is 22.8. The van der Waals surface area contributed by atoms with E-state index >= 15 is 0 Å². The molecule has 1 aliphatic heterocycles. The van der Waals surface area contributed by atoms with E-state index < -0.39 is 0 Å². The standard InChI is InChI=1S/C10H22N2O/c1-2-12(8-6-11)7-5-10-4-3-9-13-10/h10H,2-9,11H2,1H3. The van der Waals surface area contributed by atoms with E-state index in [0.717, 1.165) is 32.8 Å². The topological polar surface area (TPSA) is 38.5 Å². The molecule has 3 nitrogen and oxygen atoms in total. The fraction of sp³-hybridized carbons (Fsp3) is 1.00. The molecule has 78 valence electrons. The van der Waals surface area contributed by atoms with Crippen LogP contribution in [0.2, 0.25) is 0 Å². The summed E-state index contributed by atoms with van der Waals surface area (Å²) in [7, 11) is 0. The fourth-order valence-electron chi connectivity index (χ4n) is 1.81. The first-order chi connectivity index (χ1) is 6.36. The number of ether oxygens (including phenoxy) is 1. The number of nitrogens with two attached hydrogens (primary N) is 1. The summed E-state index contributed by atoms with van der Waals surface area (Å²) < 4.78 is 5.57. The van der Waals surface area contributed by atoms with Crippen LogP contribution in [0.4, 0.5) is 0 Å². The van der Waals surface area contributed by atoms with Gasteiger partial charge in [0.25, 0.3) is 0 Å². The lowest BCUT2D eigenvalue weighted by Crippen LogP contribution is -2.31. The average Bonchev–Trinajstić information content (AvgIpc) is 2.64. The summed E-state index contributed by atoms with van der Waals surface area (Å²) in [6.45, 7) is 7.17. The molecule has 0 bridgehead atoms. The van der Waals surface area contributed by atoms with Crippen molar-refractivity contribution < 1.29 is 4.74 Å². The van der Waals surface area contributed by atoms with Crippen LogP contribution in [0, 0.1) is 0 Å². The Balaban J connectivity index is 2.07. The zero-order chi connectivity index (χ0) is 9.52. The molecule has 3 heteroatoms. The lowest BCUT2D eigenvalue weighted by molar-refractivity contribution is 0.0930. The van der Waals surface area contributed by atoms with E-state index in [9.17, 15) is 0 Å². The maximum absolute atomic E-state index is 5.57. The molecule has 1 atom stereocenters. The van der Waals surface area contributed by atoms with Crippen LogP contribution in [0.3, 0.4) is 0 Å². The summed E-state index contributed by atoms with van der Waals surface area (Å²) in [6.07, 6.45) is 4.19. The SMILES string of the molecule is CCN(CCN)CCC1CCCO1. The Kier molecular flexibility index (Phi) is 5.35. The Hall–Kier alpha value is -0.120. The second-order valence-electron chi connectivity index (χ2n) is 3.65. The number of nitrogens with zero attached hydrogens (tertiary/aromatic N) is 1. The van der Waals surface area contributed by atoms with Gasteiger partial charge in [0.05, 0.1) is 6.10 Å². The zero-order valence-corrected chi connectivity index (χ0v) is 8.67. The van der Waals surface area contributed by atoms with Gasteiger partial charge in [-0.3, -0.25) is 0 Å². The van der Waals surface area contributed by atoms with Crippen LogP contribution in [0.5, 0.6) is 0 Å². The number of hydrogen-bond acceptors (Lipinski definition) is 3. The first-order valence-corrected chi connectivity index (χ1v) is 5.40. The number of hydrogen-bond donors (Lipinski definition) is 1. The second kappa shape index (κ2) is 6.35. The molecule has 1 rings (SSSR count). The Morgan fingerprint density at radius 1 is 1.46 bits per heavy atom. The van der Waals surface area contributed by atoms with Gasteiger partial charge in [0.15, 0.2) is 0 Å².